The first-order valence-corrected chi connectivity index (χ1v) is 5.21. The van der Waals surface area contributed by atoms with Crippen molar-refractivity contribution in [2.45, 2.75) is 32.2 Å². The van der Waals surface area contributed by atoms with E-state index in [1.54, 1.807) is 0 Å². The molecular weight excluding hydrogens is 182 g/mol. The third kappa shape index (κ3) is 3.27. The summed E-state index contributed by atoms with van der Waals surface area (Å²) in [7, 11) is 0. The van der Waals surface area contributed by atoms with Gasteiger partial charge in [0.25, 0.3) is 0 Å². The molecule has 1 atom stereocenters. The van der Waals surface area contributed by atoms with Crippen molar-refractivity contribution >= 4 is 17.3 Å². The Labute approximate surface area is 85.1 Å². The number of hydrogen-bond donors (Lipinski definition) is 1. The second kappa shape index (κ2) is 5.13. The molecule has 0 amide bonds. The topological polar surface area (TPSA) is 12.0 Å². The Kier molecular flexibility index (Phi) is 4.10. The predicted octanol–water partition coefficient (Wildman–Crippen LogP) is 3.64. The molecule has 0 radical (unpaired) electrons. The highest BCUT2D eigenvalue weighted by Crippen LogP contribution is 2.12. The highest BCUT2D eigenvalue weighted by atomic mass is 35.5. The van der Waals surface area contributed by atoms with E-state index in [2.05, 4.69) is 43.4 Å². The molecule has 0 spiro atoms. The first-order chi connectivity index (χ1) is 6.26. The van der Waals surface area contributed by atoms with E-state index in [4.69, 9.17) is 11.6 Å². The zero-order valence-corrected chi connectivity index (χ0v) is 8.93. The maximum Gasteiger partial charge on any atom is 0.0474 e. The van der Waals surface area contributed by atoms with Gasteiger partial charge in [-0.15, -0.1) is 11.6 Å². The Hall–Kier alpha value is -0.690. The summed E-state index contributed by atoms with van der Waals surface area (Å²) in [5, 5.41) is 3.40. The summed E-state index contributed by atoms with van der Waals surface area (Å²) in [6.07, 6.45) is 1.14. The Morgan fingerprint density at radius 1 is 1.31 bits per heavy atom. The number of rotatable bonds is 4. The van der Waals surface area contributed by atoms with Crippen LogP contribution in [0.25, 0.3) is 0 Å². The lowest BCUT2D eigenvalue weighted by Gasteiger charge is -2.12. The van der Waals surface area contributed by atoms with Gasteiger partial charge in [0, 0.05) is 17.6 Å². The molecule has 1 aromatic rings. The van der Waals surface area contributed by atoms with Crippen molar-refractivity contribution in [1.29, 1.82) is 0 Å². The van der Waals surface area contributed by atoms with Gasteiger partial charge in [0.1, 0.15) is 0 Å². The summed E-state index contributed by atoms with van der Waals surface area (Å²) in [4.78, 5) is 0. The van der Waals surface area contributed by atoms with Crippen molar-refractivity contribution in [2.24, 2.45) is 0 Å². The van der Waals surface area contributed by atoms with E-state index in [1.807, 2.05) is 0 Å². The van der Waals surface area contributed by atoms with Crippen LogP contribution in [0.1, 0.15) is 25.8 Å². The summed E-state index contributed by atoms with van der Waals surface area (Å²) in [6.45, 7) is 4.35. The number of benzene rings is 1. The van der Waals surface area contributed by atoms with Crippen molar-refractivity contribution < 1.29 is 0 Å². The molecule has 0 heterocycles. The minimum absolute atomic E-state index is 0.529. The van der Waals surface area contributed by atoms with Gasteiger partial charge in [-0.1, -0.05) is 19.1 Å². The quantitative estimate of drug-likeness (QED) is 0.727. The van der Waals surface area contributed by atoms with Crippen LogP contribution >= 0.6 is 11.6 Å². The fraction of sp³-hybridized carbons (Fsp3) is 0.455. The molecule has 0 saturated heterocycles. The molecule has 0 aromatic heterocycles. The van der Waals surface area contributed by atoms with Crippen LogP contribution < -0.4 is 5.32 Å². The fourth-order valence-electron chi connectivity index (χ4n) is 1.08. The van der Waals surface area contributed by atoms with E-state index in [9.17, 15) is 0 Å². The van der Waals surface area contributed by atoms with E-state index in [0.717, 1.165) is 12.0 Å². The Bertz CT molecular complexity index is 243. The highest BCUT2D eigenvalue weighted by Gasteiger charge is 1.97. The minimum atomic E-state index is 0.529. The lowest BCUT2D eigenvalue weighted by molar-refractivity contribution is 0.764. The standard InChI is InChI=1S/C11H16ClN/c1-3-9(2)13-11-6-4-10(8-12)5-7-11/h4-7,9,13H,3,8H2,1-2H3. The maximum absolute atomic E-state index is 5.69. The smallest absolute Gasteiger partial charge is 0.0474 e. The van der Waals surface area contributed by atoms with Crippen molar-refractivity contribution in [3.63, 3.8) is 0 Å². The largest absolute Gasteiger partial charge is 0.383 e. The fourth-order valence-corrected chi connectivity index (χ4v) is 1.25. The Morgan fingerprint density at radius 3 is 2.38 bits per heavy atom. The summed E-state index contributed by atoms with van der Waals surface area (Å²) in [6, 6.07) is 8.78. The number of hydrogen-bond acceptors (Lipinski definition) is 1. The molecule has 1 aromatic carbocycles. The van der Waals surface area contributed by atoms with E-state index in [-0.39, 0.29) is 0 Å². The van der Waals surface area contributed by atoms with Gasteiger partial charge in [0.15, 0.2) is 0 Å². The summed E-state index contributed by atoms with van der Waals surface area (Å²) in [5.74, 6) is 0.587. The molecule has 72 valence electrons. The van der Waals surface area contributed by atoms with Gasteiger partial charge in [0.05, 0.1) is 0 Å². The number of halogens is 1. The first-order valence-electron chi connectivity index (χ1n) is 4.67. The molecule has 1 unspecified atom stereocenters. The zero-order chi connectivity index (χ0) is 9.68. The third-order valence-corrected chi connectivity index (χ3v) is 2.44. The van der Waals surface area contributed by atoms with Crippen LogP contribution in [0.5, 0.6) is 0 Å². The van der Waals surface area contributed by atoms with Crippen LogP contribution in [0.3, 0.4) is 0 Å². The van der Waals surface area contributed by atoms with Crippen molar-refractivity contribution in [3.05, 3.63) is 29.8 Å². The van der Waals surface area contributed by atoms with Gasteiger partial charge in [-0.2, -0.15) is 0 Å². The minimum Gasteiger partial charge on any atom is -0.383 e. The van der Waals surface area contributed by atoms with Crippen LogP contribution in [0.4, 0.5) is 5.69 Å². The maximum atomic E-state index is 5.69. The van der Waals surface area contributed by atoms with Crippen molar-refractivity contribution in [2.75, 3.05) is 5.32 Å². The zero-order valence-electron chi connectivity index (χ0n) is 8.18. The van der Waals surface area contributed by atoms with Gasteiger partial charge < -0.3 is 5.32 Å². The molecule has 0 saturated carbocycles. The van der Waals surface area contributed by atoms with E-state index in [1.165, 1.54) is 5.69 Å². The van der Waals surface area contributed by atoms with E-state index >= 15 is 0 Å². The van der Waals surface area contributed by atoms with Gasteiger partial charge in [-0.3, -0.25) is 0 Å². The van der Waals surface area contributed by atoms with Crippen molar-refractivity contribution in [1.82, 2.24) is 0 Å². The molecule has 0 bridgehead atoms. The molecule has 0 aliphatic rings. The highest BCUT2D eigenvalue weighted by molar-refractivity contribution is 6.17. The lowest BCUT2D eigenvalue weighted by atomic mass is 10.2. The molecule has 0 aliphatic carbocycles. The monoisotopic (exact) mass is 197 g/mol. The number of anilines is 1. The first kappa shape index (κ1) is 10.4. The second-order valence-electron chi connectivity index (χ2n) is 3.28. The summed E-state index contributed by atoms with van der Waals surface area (Å²) >= 11 is 5.69. The third-order valence-electron chi connectivity index (χ3n) is 2.13. The van der Waals surface area contributed by atoms with Gasteiger partial charge in [-0.05, 0) is 31.0 Å². The van der Waals surface area contributed by atoms with Gasteiger partial charge in [-0.25, -0.2) is 0 Å². The van der Waals surface area contributed by atoms with Crippen LogP contribution in [-0.2, 0) is 5.88 Å². The molecule has 0 fully saturated rings. The molecular formula is C11H16ClN. The molecule has 1 nitrogen and oxygen atoms in total. The molecule has 2 heteroatoms. The molecule has 13 heavy (non-hydrogen) atoms. The normalized spacial score (nSPS) is 12.5. The molecule has 1 rings (SSSR count). The molecule has 1 N–H and O–H groups in total. The lowest BCUT2D eigenvalue weighted by Crippen LogP contribution is -2.13. The summed E-state index contributed by atoms with van der Waals surface area (Å²) in [5.41, 5.74) is 2.33. The van der Waals surface area contributed by atoms with Gasteiger partial charge >= 0.3 is 0 Å². The van der Waals surface area contributed by atoms with Crippen LogP contribution in [0.2, 0.25) is 0 Å². The SMILES string of the molecule is CCC(C)Nc1ccc(CCl)cc1. The average molecular weight is 198 g/mol. The Balaban J connectivity index is 2.58. The number of alkyl halides is 1. The number of nitrogens with one attached hydrogen (secondary N) is 1. The van der Waals surface area contributed by atoms with Crippen LogP contribution in [0, 0.1) is 0 Å². The second-order valence-corrected chi connectivity index (χ2v) is 3.55. The van der Waals surface area contributed by atoms with Crippen LogP contribution in [-0.4, -0.2) is 6.04 Å². The summed E-state index contributed by atoms with van der Waals surface area (Å²) < 4.78 is 0. The Morgan fingerprint density at radius 2 is 1.92 bits per heavy atom. The predicted molar refractivity (Wildman–Crippen MR) is 59.4 cm³/mol. The van der Waals surface area contributed by atoms with Crippen LogP contribution in [0.15, 0.2) is 24.3 Å². The van der Waals surface area contributed by atoms with E-state index < -0.39 is 0 Å². The average Bonchev–Trinajstić information content (AvgIpc) is 2.19. The van der Waals surface area contributed by atoms with E-state index in [0.29, 0.717) is 11.9 Å². The van der Waals surface area contributed by atoms with Crippen molar-refractivity contribution in [3.8, 4) is 0 Å². The van der Waals surface area contributed by atoms with Gasteiger partial charge in [0.2, 0.25) is 0 Å². The molecule has 0 aliphatic heterocycles.